The van der Waals surface area contributed by atoms with Crippen LogP contribution in [0.3, 0.4) is 0 Å². The number of aromatic amines is 1. The van der Waals surface area contributed by atoms with Gasteiger partial charge >= 0.3 is 0 Å². The first-order valence-corrected chi connectivity index (χ1v) is 8.14. The van der Waals surface area contributed by atoms with Crippen LogP contribution in [0, 0.1) is 0 Å². The summed E-state index contributed by atoms with van der Waals surface area (Å²) in [6.45, 7) is 2.89. The molecule has 0 saturated heterocycles. The Kier molecular flexibility index (Phi) is 8.72. The molecule has 1 amide bonds. The van der Waals surface area contributed by atoms with E-state index in [2.05, 4.69) is 30.6 Å². The Bertz CT molecular complexity index is 989. The number of carbonyl (C=O) groups excluding carboxylic acids is 1. The molecule has 148 valence electrons. The van der Waals surface area contributed by atoms with Crippen LogP contribution in [-0.2, 0) is 27.6 Å². The number of aromatic nitrogens is 4. The summed E-state index contributed by atoms with van der Waals surface area (Å²) in [4.78, 5) is 38.4. The molecule has 0 spiro atoms. The number of benzene rings is 1. The largest absolute Gasteiger partial charge is 0.679 e. The zero-order chi connectivity index (χ0) is 18.5. The Morgan fingerprint density at radius 1 is 1.25 bits per heavy atom. The number of H-pyrrole nitrogens is 1. The van der Waals surface area contributed by atoms with Gasteiger partial charge in [0.15, 0.2) is 11.2 Å². The number of nitrogens with one attached hydrogen (secondary N) is 2. The number of nitrogens with zero attached hydrogens (tertiary/aromatic N) is 4. The third-order valence-corrected chi connectivity index (χ3v) is 3.57. The van der Waals surface area contributed by atoms with Crippen LogP contribution in [0.2, 0.25) is 0 Å². The third kappa shape index (κ3) is 5.60. The molecule has 4 N–H and O–H groups in total. The van der Waals surface area contributed by atoms with E-state index in [-0.39, 0.29) is 58.1 Å². The van der Waals surface area contributed by atoms with Gasteiger partial charge in [-0.05, 0) is 6.42 Å². The van der Waals surface area contributed by atoms with E-state index in [9.17, 15) is 9.59 Å². The number of rotatable bonds is 6. The minimum Gasteiger partial charge on any atom is -0.679 e. The van der Waals surface area contributed by atoms with Crippen molar-refractivity contribution in [3.63, 3.8) is 0 Å². The van der Waals surface area contributed by atoms with E-state index >= 15 is 0 Å². The van der Waals surface area contributed by atoms with Crippen LogP contribution in [0.15, 0.2) is 35.3 Å². The molecule has 0 bridgehead atoms. The molecular formula is C18H22N7O2W-. The molecule has 0 aliphatic carbocycles. The summed E-state index contributed by atoms with van der Waals surface area (Å²) < 4.78 is 0. The molecule has 0 aliphatic heterocycles. The predicted molar refractivity (Wildman–Crippen MR) is 105 cm³/mol. The van der Waals surface area contributed by atoms with Crippen molar-refractivity contribution in [1.82, 2.24) is 25.3 Å². The number of nitrogen functional groups attached to an aromatic ring is 1. The summed E-state index contributed by atoms with van der Waals surface area (Å²) in [5.41, 5.74) is 7.15. The Balaban J connectivity index is 0.00000196. The van der Waals surface area contributed by atoms with Crippen molar-refractivity contribution in [2.75, 3.05) is 12.3 Å². The van der Waals surface area contributed by atoms with Gasteiger partial charge in [-0.15, -0.1) is 5.69 Å². The van der Waals surface area contributed by atoms with Crippen LogP contribution in [0.4, 0.5) is 11.6 Å². The van der Waals surface area contributed by atoms with Crippen molar-refractivity contribution in [3.05, 3.63) is 57.4 Å². The van der Waals surface area contributed by atoms with Gasteiger partial charge in [0.25, 0.3) is 11.5 Å². The van der Waals surface area contributed by atoms with Gasteiger partial charge in [-0.2, -0.15) is 4.98 Å². The van der Waals surface area contributed by atoms with Gasteiger partial charge in [0.05, 0.1) is 0 Å². The molecule has 1 aromatic carbocycles. The number of amides is 1. The second-order valence-electron chi connectivity index (χ2n) is 5.60. The first-order valence-electron chi connectivity index (χ1n) is 8.14. The summed E-state index contributed by atoms with van der Waals surface area (Å²) in [6.07, 6.45) is 2.39. The third-order valence-electron chi connectivity index (χ3n) is 3.57. The molecule has 3 rings (SSSR count). The summed E-state index contributed by atoms with van der Waals surface area (Å²) in [5, 5.41) is 7.22. The average Bonchev–Trinajstić information content (AvgIpc) is 2.65. The zero-order valence-corrected chi connectivity index (χ0v) is 17.5. The van der Waals surface area contributed by atoms with Crippen LogP contribution in [0.25, 0.3) is 16.5 Å². The smallest absolute Gasteiger partial charge is 0.280 e. The number of anilines is 1. The van der Waals surface area contributed by atoms with Crippen molar-refractivity contribution in [1.29, 1.82) is 0 Å². The van der Waals surface area contributed by atoms with Gasteiger partial charge in [0.1, 0.15) is 0 Å². The minimum absolute atomic E-state index is 0. The Hall–Kier alpha value is -2.80. The van der Waals surface area contributed by atoms with E-state index in [0.717, 1.165) is 6.42 Å². The molecule has 2 aromatic heterocycles. The van der Waals surface area contributed by atoms with E-state index in [1.807, 2.05) is 6.92 Å². The molecule has 9 nitrogen and oxygen atoms in total. The fourth-order valence-electron chi connectivity index (χ4n) is 2.28. The van der Waals surface area contributed by atoms with Gasteiger partial charge in [-0.1, -0.05) is 45.2 Å². The van der Waals surface area contributed by atoms with Crippen LogP contribution in [0.5, 0.6) is 0 Å². The molecule has 0 fully saturated rings. The zero-order valence-electron chi connectivity index (χ0n) is 14.6. The second-order valence-corrected chi connectivity index (χ2v) is 5.60. The van der Waals surface area contributed by atoms with Gasteiger partial charge in [-0.25, -0.2) is 9.97 Å². The molecule has 0 atom stereocenters. The van der Waals surface area contributed by atoms with Gasteiger partial charge in [-0.3, -0.25) is 14.6 Å². The maximum atomic E-state index is 11.9. The van der Waals surface area contributed by atoms with E-state index < -0.39 is 5.56 Å². The molecule has 3 aromatic rings. The van der Waals surface area contributed by atoms with E-state index in [0.29, 0.717) is 23.5 Å². The summed E-state index contributed by atoms with van der Waals surface area (Å²) in [5.74, 6) is -0.109. The summed E-state index contributed by atoms with van der Waals surface area (Å²) in [6, 6.07) is 6.94. The normalized spacial score (nSPS) is 9.89. The summed E-state index contributed by atoms with van der Waals surface area (Å²) >= 11 is 0. The standard InChI is InChI=1S/C17H19N7O2.CH4.W/c1-2-7-19-15(25)10-3-5-11(6-4-10)20-8-12-9-21-14-13(22-12)16(26)24-17(18)23-14;;/h3-6,9H,2,7-8H2,1H3,(H5,18,19,20,21,23,24,25,26);1H4;/p-1. The van der Waals surface area contributed by atoms with E-state index in [1.54, 1.807) is 24.3 Å². The Morgan fingerprint density at radius 2 is 1.96 bits per heavy atom. The monoisotopic (exact) mass is 552 g/mol. The van der Waals surface area contributed by atoms with Crippen molar-refractivity contribution in [2.45, 2.75) is 27.3 Å². The first-order chi connectivity index (χ1) is 12.6. The molecule has 0 unspecified atom stereocenters. The average molecular weight is 552 g/mol. The Labute approximate surface area is 176 Å². The summed E-state index contributed by atoms with van der Waals surface area (Å²) in [7, 11) is 0. The van der Waals surface area contributed by atoms with Gasteiger partial charge in [0.2, 0.25) is 5.95 Å². The van der Waals surface area contributed by atoms with Crippen molar-refractivity contribution in [2.24, 2.45) is 0 Å². The quantitative estimate of drug-likeness (QED) is 0.429. The van der Waals surface area contributed by atoms with Crippen molar-refractivity contribution in [3.8, 4) is 0 Å². The maximum Gasteiger partial charge on any atom is 0.280 e. The van der Waals surface area contributed by atoms with Crippen molar-refractivity contribution >= 4 is 28.7 Å². The number of fused-ring (bicyclic) bond motifs is 1. The molecule has 0 saturated carbocycles. The number of carbonyl (C=O) groups is 1. The molecule has 28 heavy (non-hydrogen) atoms. The number of hydrogen-bond acceptors (Lipinski definition) is 6. The topological polar surface area (TPSA) is 141 Å². The SMILES string of the molecule is C.CCCNC(=O)c1ccc([N-]Cc2cnc3nc(N)[nH]c(=O)c3n2)cc1.[W]. The molecule has 0 aliphatic rings. The van der Waals surface area contributed by atoms with Gasteiger partial charge in [0, 0.05) is 45.1 Å². The first kappa shape index (κ1) is 23.2. The molecule has 10 heteroatoms. The Morgan fingerprint density at radius 3 is 2.64 bits per heavy atom. The fraction of sp³-hybridized carbons (Fsp3) is 0.278. The van der Waals surface area contributed by atoms with Crippen LogP contribution in [0.1, 0.15) is 36.8 Å². The van der Waals surface area contributed by atoms with Crippen molar-refractivity contribution < 1.29 is 25.9 Å². The number of nitrogens with two attached hydrogens (primary N) is 1. The minimum atomic E-state index is -0.440. The predicted octanol–water partition coefficient (Wildman–Crippen LogP) is 2.27. The van der Waals surface area contributed by atoms with Crippen LogP contribution < -0.4 is 16.6 Å². The van der Waals surface area contributed by atoms with Crippen LogP contribution in [-0.4, -0.2) is 32.4 Å². The maximum absolute atomic E-state index is 11.9. The molecular weight excluding hydrogens is 530 g/mol. The van der Waals surface area contributed by atoms with E-state index in [1.165, 1.54) is 6.20 Å². The van der Waals surface area contributed by atoms with Gasteiger partial charge < -0.3 is 16.4 Å². The molecule has 0 radical (unpaired) electrons. The van der Waals surface area contributed by atoms with Crippen LogP contribution >= 0.6 is 0 Å². The fourth-order valence-corrected chi connectivity index (χ4v) is 2.28. The second kappa shape index (κ2) is 10.5. The molecule has 2 heterocycles. The van der Waals surface area contributed by atoms with E-state index in [4.69, 9.17) is 5.73 Å². The number of hydrogen-bond donors (Lipinski definition) is 3.